The fourth-order valence-electron chi connectivity index (χ4n) is 3.17. The van der Waals surface area contributed by atoms with E-state index in [-0.39, 0.29) is 23.7 Å². The average Bonchev–Trinajstić information content (AvgIpc) is 3.37. The smallest absolute Gasteiger partial charge is 0.326 e. The summed E-state index contributed by atoms with van der Waals surface area (Å²) in [7, 11) is 0. The molecule has 11 heteroatoms. The molecule has 1 aliphatic carbocycles. The maximum Gasteiger partial charge on any atom is 0.326 e. The van der Waals surface area contributed by atoms with Crippen LogP contribution in [-0.4, -0.2) is 40.7 Å². The van der Waals surface area contributed by atoms with Gasteiger partial charge in [0.15, 0.2) is 5.65 Å². The first-order valence-electron chi connectivity index (χ1n) is 9.81. The SMILES string of the molecule is C[C@@H](Nc1nc(=NC2CC2)n2ncc(=Cc3[nH]c(=O)[nH]c3O)c2n1)c1ccc(Cl)cc1. The molecule has 0 radical (unpaired) electrons. The molecule has 1 saturated carbocycles. The van der Waals surface area contributed by atoms with Gasteiger partial charge in [-0.05, 0) is 43.5 Å². The Balaban J connectivity index is 1.61. The lowest BCUT2D eigenvalue weighted by Crippen LogP contribution is -2.25. The van der Waals surface area contributed by atoms with Crippen molar-refractivity contribution < 1.29 is 5.11 Å². The quantitative estimate of drug-likeness (QED) is 0.370. The molecule has 1 aliphatic rings. The van der Waals surface area contributed by atoms with Crippen molar-refractivity contribution >= 4 is 29.3 Å². The van der Waals surface area contributed by atoms with E-state index >= 15 is 0 Å². The van der Waals surface area contributed by atoms with E-state index in [0.717, 1.165) is 18.4 Å². The predicted octanol–water partition coefficient (Wildman–Crippen LogP) is 1.28. The van der Waals surface area contributed by atoms with Crippen LogP contribution >= 0.6 is 11.6 Å². The maximum absolute atomic E-state index is 11.4. The third-order valence-corrected chi connectivity index (χ3v) is 5.23. The van der Waals surface area contributed by atoms with Crippen LogP contribution in [0.5, 0.6) is 5.88 Å². The number of fused-ring (bicyclic) bond motifs is 1. The fourth-order valence-corrected chi connectivity index (χ4v) is 3.30. The highest BCUT2D eigenvalue weighted by molar-refractivity contribution is 6.30. The number of nitrogens with one attached hydrogen (secondary N) is 3. The highest BCUT2D eigenvalue weighted by atomic mass is 35.5. The summed E-state index contributed by atoms with van der Waals surface area (Å²) in [6.07, 6.45) is 5.23. The Morgan fingerprint density at radius 2 is 2.06 bits per heavy atom. The molecular weight excluding hydrogens is 420 g/mol. The normalized spacial score (nSPS) is 16.2. The van der Waals surface area contributed by atoms with Crippen LogP contribution in [0.25, 0.3) is 11.7 Å². The predicted molar refractivity (Wildman–Crippen MR) is 115 cm³/mol. The number of hydrogen-bond acceptors (Lipinski definition) is 7. The van der Waals surface area contributed by atoms with E-state index in [9.17, 15) is 9.90 Å². The van der Waals surface area contributed by atoms with Crippen LogP contribution in [0, 0.1) is 0 Å². The summed E-state index contributed by atoms with van der Waals surface area (Å²) in [5, 5.41) is 18.8. The molecule has 3 aromatic heterocycles. The van der Waals surface area contributed by atoms with E-state index in [4.69, 9.17) is 11.6 Å². The number of imidazole rings is 1. The highest BCUT2D eigenvalue weighted by Crippen LogP contribution is 2.22. The molecule has 31 heavy (non-hydrogen) atoms. The summed E-state index contributed by atoms with van der Waals surface area (Å²) in [6, 6.07) is 7.71. The minimum Gasteiger partial charge on any atom is -0.493 e. The van der Waals surface area contributed by atoms with Gasteiger partial charge in [-0.1, -0.05) is 23.7 Å². The van der Waals surface area contributed by atoms with Gasteiger partial charge in [-0.2, -0.15) is 19.6 Å². The van der Waals surface area contributed by atoms with Crippen LogP contribution in [-0.2, 0) is 0 Å². The number of hydrogen-bond donors (Lipinski definition) is 4. The third-order valence-electron chi connectivity index (χ3n) is 4.97. The molecule has 0 aliphatic heterocycles. The van der Waals surface area contributed by atoms with Gasteiger partial charge in [-0.3, -0.25) is 4.98 Å². The zero-order valence-corrected chi connectivity index (χ0v) is 17.3. The van der Waals surface area contributed by atoms with E-state index in [2.05, 4.69) is 35.3 Å². The van der Waals surface area contributed by atoms with Crippen LogP contribution in [0.4, 0.5) is 5.95 Å². The van der Waals surface area contributed by atoms with Crippen molar-refractivity contribution in [1.29, 1.82) is 0 Å². The lowest BCUT2D eigenvalue weighted by molar-refractivity contribution is 0.454. The number of H-pyrrole nitrogens is 2. The molecule has 10 nitrogen and oxygen atoms in total. The Hall–Kier alpha value is -3.66. The number of nitrogens with zero attached hydrogens (tertiary/aromatic N) is 5. The Labute approximate surface area is 180 Å². The van der Waals surface area contributed by atoms with E-state index in [1.54, 1.807) is 16.8 Å². The summed E-state index contributed by atoms with van der Waals surface area (Å²) >= 11 is 5.99. The molecule has 0 saturated heterocycles. The van der Waals surface area contributed by atoms with E-state index in [1.807, 2.05) is 31.2 Å². The topological polar surface area (TPSA) is 136 Å². The Morgan fingerprint density at radius 3 is 2.74 bits per heavy atom. The molecule has 0 amide bonds. The highest BCUT2D eigenvalue weighted by Gasteiger charge is 2.21. The van der Waals surface area contributed by atoms with Crippen molar-refractivity contribution in [1.82, 2.24) is 29.5 Å². The van der Waals surface area contributed by atoms with Crippen LogP contribution in [0.2, 0.25) is 5.02 Å². The van der Waals surface area contributed by atoms with Crippen molar-refractivity contribution in [3.63, 3.8) is 0 Å². The van der Waals surface area contributed by atoms with Gasteiger partial charge >= 0.3 is 5.69 Å². The lowest BCUT2D eigenvalue weighted by Gasteiger charge is -2.14. The monoisotopic (exact) mass is 438 g/mol. The molecule has 4 aromatic rings. The van der Waals surface area contributed by atoms with Gasteiger partial charge in [0.25, 0.3) is 5.62 Å². The Kier molecular flexibility index (Phi) is 4.70. The first-order valence-corrected chi connectivity index (χ1v) is 10.2. The van der Waals surface area contributed by atoms with Crippen LogP contribution in [0.15, 0.2) is 40.2 Å². The van der Waals surface area contributed by atoms with Gasteiger partial charge in [0.2, 0.25) is 11.8 Å². The van der Waals surface area contributed by atoms with Crippen molar-refractivity contribution in [2.24, 2.45) is 4.99 Å². The van der Waals surface area contributed by atoms with Crippen molar-refractivity contribution in [2.45, 2.75) is 31.8 Å². The molecule has 158 valence electrons. The number of aromatic nitrogens is 6. The molecule has 4 N–H and O–H groups in total. The summed E-state index contributed by atoms with van der Waals surface area (Å²) in [6.45, 7) is 2.00. The molecule has 3 heterocycles. The number of anilines is 1. The zero-order valence-electron chi connectivity index (χ0n) is 16.5. The van der Waals surface area contributed by atoms with Gasteiger partial charge in [0, 0.05) is 10.2 Å². The number of rotatable bonds is 5. The molecule has 1 atom stereocenters. The van der Waals surface area contributed by atoms with Crippen LogP contribution in [0.1, 0.15) is 37.1 Å². The van der Waals surface area contributed by atoms with Gasteiger partial charge in [0.1, 0.15) is 5.69 Å². The summed E-state index contributed by atoms with van der Waals surface area (Å²) in [5.74, 6) is 0.146. The van der Waals surface area contributed by atoms with Gasteiger partial charge < -0.3 is 15.4 Å². The second-order valence-electron chi connectivity index (χ2n) is 7.45. The first kappa shape index (κ1) is 19.3. The van der Waals surface area contributed by atoms with E-state index < -0.39 is 5.69 Å². The van der Waals surface area contributed by atoms with Gasteiger partial charge in [0.05, 0.1) is 18.3 Å². The second-order valence-corrected chi connectivity index (χ2v) is 7.88. The zero-order chi connectivity index (χ0) is 21.5. The average molecular weight is 439 g/mol. The summed E-state index contributed by atoms with van der Waals surface area (Å²) < 4.78 is 1.56. The van der Waals surface area contributed by atoms with E-state index in [1.165, 1.54) is 0 Å². The van der Waals surface area contributed by atoms with Gasteiger partial charge in [-0.25, -0.2) is 9.79 Å². The largest absolute Gasteiger partial charge is 0.493 e. The maximum atomic E-state index is 11.4. The Morgan fingerprint density at radius 1 is 1.29 bits per heavy atom. The van der Waals surface area contributed by atoms with Gasteiger partial charge in [-0.15, -0.1) is 0 Å². The standard InChI is InChI=1S/C20H19ClN8O2/c1-10(11-2-4-13(21)5-3-11)23-18-26-16-12(8-15-17(30)27-20(31)25-15)9-22-29(16)19(28-18)24-14-6-7-14/h2-5,8-10,14,30H,6-7H2,1H3,(H,23,24,28)(H2,25,27,31)/t10-/m1/s1. The first-order chi connectivity index (χ1) is 15.0. The van der Waals surface area contributed by atoms with Crippen LogP contribution < -0.4 is 21.8 Å². The molecule has 0 unspecified atom stereocenters. The lowest BCUT2D eigenvalue weighted by atomic mass is 10.1. The fraction of sp³-hybridized carbons (Fsp3) is 0.250. The minimum atomic E-state index is -0.501. The molecule has 1 aromatic carbocycles. The molecule has 0 bridgehead atoms. The Bertz CT molecular complexity index is 1430. The molecule has 0 spiro atoms. The van der Waals surface area contributed by atoms with E-state index in [0.29, 0.717) is 27.5 Å². The van der Waals surface area contributed by atoms with Crippen LogP contribution in [0.3, 0.4) is 0 Å². The molecule has 1 fully saturated rings. The number of aromatic hydroxyl groups is 1. The molecule has 5 rings (SSSR count). The number of halogens is 1. The second kappa shape index (κ2) is 7.55. The minimum absolute atomic E-state index is 0.0751. The molecular formula is C20H19ClN8O2. The summed E-state index contributed by atoms with van der Waals surface area (Å²) in [5.41, 5.74) is 1.72. The van der Waals surface area contributed by atoms with Crippen molar-refractivity contribution in [3.8, 4) is 5.88 Å². The number of aromatic amines is 2. The number of benzene rings is 1. The van der Waals surface area contributed by atoms with Crippen molar-refractivity contribution in [2.75, 3.05) is 5.32 Å². The summed E-state index contributed by atoms with van der Waals surface area (Å²) in [4.78, 5) is 30.1. The third kappa shape index (κ3) is 4.02. The van der Waals surface area contributed by atoms with Crippen molar-refractivity contribution in [3.05, 3.63) is 68.1 Å².